The maximum absolute atomic E-state index is 14.7. The molecule has 13 heteroatoms. The third kappa shape index (κ3) is 6.04. The van der Waals surface area contributed by atoms with Crippen LogP contribution in [0.2, 0.25) is 0 Å². The third-order valence-electron chi connectivity index (χ3n) is 5.41. The van der Waals surface area contributed by atoms with Crippen LogP contribution in [0.1, 0.15) is 5.69 Å². The fourth-order valence-electron chi connectivity index (χ4n) is 3.82. The zero-order chi connectivity index (χ0) is 26.8. The minimum atomic E-state index is -3.72. The van der Waals surface area contributed by atoms with E-state index in [9.17, 15) is 26.0 Å². The number of nitrogens with zero attached hydrogens (tertiary/aromatic N) is 2. The summed E-state index contributed by atoms with van der Waals surface area (Å²) in [6.45, 7) is 1.33. The number of allylic oxidation sites excluding steroid dienone is 1. The minimum absolute atomic E-state index is 0.0709. The highest BCUT2D eigenvalue weighted by Gasteiger charge is 2.21. The first kappa shape index (κ1) is 27.2. The molecule has 2 aromatic carbocycles. The van der Waals surface area contributed by atoms with Gasteiger partial charge in [0.15, 0.2) is 0 Å². The molecule has 0 aliphatic carbocycles. The van der Waals surface area contributed by atoms with Gasteiger partial charge in [0, 0.05) is 48.5 Å². The Morgan fingerprint density at radius 1 is 1.14 bits per heavy atom. The van der Waals surface area contributed by atoms with Gasteiger partial charge in [0.1, 0.15) is 5.83 Å². The molecular weight excluding hydrogens is 511 g/mol. The Bertz CT molecular complexity index is 1560. The van der Waals surface area contributed by atoms with Crippen LogP contribution in [0.15, 0.2) is 59.3 Å². The van der Waals surface area contributed by atoms with Gasteiger partial charge in [0.2, 0.25) is 20.0 Å². The van der Waals surface area contributed by atoms with Crippen molar-refractivity contribution in [2.45, 2.75) is 18.4 Å². The van der Waals surface area contributed by atoms with E-state index in [1.165, 1.54) is 26.2 Å². The molecule has 36 heavy (non-hydrogen) atoms. The number of halogens is 1. The first-order valence-electron chi connectivity index (χ1n) is 10.7. The number of carbonyl (C=O) groups is 1. The molecular formula is C23H27FN4O6S2. The van der Waals surface area contributed by atoms with Crippen LogP contribution in [-0.2, 0) is 26.6 Å². The Labute approximate surface area is 209 Å². The first-order chi connectivity index (χ1) is 16.7. The Kier molecular flexibility index (Phi) is 7.76. The van der Waals surface area contributed by atoms with Crippen molar-refractivity contribution in [2.75, 3.05) is 31.6 Å². The second-order valence-corrected chi connectivity index (χ2v) is 12.2. The predicted molar refractivity (Wildman–Crippen MR) is 137 cm³/mol. The topological polar surface area (TPSA) is 138 Å². The van der Waals surface area contributed by atoms with Gasteiger partial charge in [-0.3, -0.25) is 4.72 Å². The number of rotatable bonds is 9. The number of aromatic nitrogens is 1. The summed E-state index contributed by atoms with van der Waals surface area (Å²) in [6.07, 6.45) is 0.862. The van der Waals surface area contributed by atoms with Crippen molar-refractivity contribution < 1.29 is 31.1 Å². The third-order valence-corrected chi connectivity index (χ3v) is 7.83. The largest absolute Gasteiger partial charge is 0.465 e. The summed E-state index contributed by atoms with van der Waals surface area (Å²) in [5.74, 6) is -0.586. The number of amides is 1. The molecule has 0 radical (unpaired) electrons. The van der Waals surface area contributed by atoms with Gasteiger partial charge in [-0.15, -0.1) is 0 Å². The van der Waals surface area contributed by atoms with Crippen molar-refractivity contribution in [3.8, 4) is 11.1 Å². The van der Waals surface area contributed by atoms with Crippen LogP contribution in [0.5, 0.6) is 0 Å². The molecule has 1 heterocycles. The highest BCUT2D eigenvalue weighted by atomic mass is 32.2. The van der Waals surface area contributed by atoms with E-state index in [1.54, 1.807) is 41.8 Å². The van der Waals surface area contributed by atoms with E-state index in [-0.39, 0.29) is 18.0 Å². The summed E-state index contributed by atoms with van der Waals surface area (Å²) >= 11 is 0. The molecule has 10 nitrogen and oxygen atoms in total. The number of carboxylic acid groups (broad SMARTS) is 1. The number of anilines is 1. The SMILES string of the molecule is Cc1c(-c2cccc(S(=O)(=O)N(C)C)c2)c2cc(NS(C)(=O)=O)ccc2n1C/C(F)=C/CNC(=O)O. The summed E-state index contributed by atoms with van der Waals surface area (Å²) in [5.41, 5.74) is 2.64. The molecule has 0 atom stereocenters. The summed E-state index contributed by atoms with van der Waals surface area (Å²) < 4.78 is 68.9. The molecule has 3 N–H and O–H groups in total. The molecule has 0 aliphatic heterocycles. The van der Waals surface area contributed by atoms with Crippen LogP contribution < -0.4 is 10.0 Å². The lowest BCUT2D eigenvalue weighted by atomic mass is 10.0. The maximum Gasteiger partial charge on any atom is 0.404 e. The van der Waals surface area contributed by atoms with Gasteiger partial charge < -0.3 is 15.0 Å². The quantitative estimate of drug-likeness (QED) is 0.382. The van der Waals surface area contributed by atoms with Crippen molar-refractivity contribution in [1.29, 1.82) is 0 Å². The van der Waals surface area contributed by atoms with Gasteiger partial charge in [0.05, 0.1) is 17.7 Å². The molecule has 3 rings (SSSR count). The van der Waals surface area contributed by atoms with Crippen LogP contribution in [0.25, 0.3) is 22.0 Å². The van der Waals surface area contributed by atoms with Crippen molar-refractivity contribution in [1.82, 2.24) is 14.2 Å². The zero-order valence-corrected chi connectivity index (χ0v) is 21.7. The summed E-state index contributed by atoms with van der Waals surface area (Å²) in [7, 11) is -4.43. The van der Waals surface area contributed by atoms with E-state index in [0.717, 1.165) is 16.6 Å². The molecule has 0 saturated heterocycles. The molecule has 1 aromatic heterocycles. The summed E-state index contributed by atoms with van der Waals surface area (Å²) in [5, 5.41) is 11.3. The van der Waals surface area contributed by atoms with Gasteiger partial charge in [-0.1, -0.05) is 12.1 Å². The normalized spacial score (nSPS) is 12.8. The highest BCUT2D eigenvalue weighted by Crippen LogP contribution is 2.37. The molecule has 0 bridgehead atoms. The van der Waals surface area contributed by atoms with Gasteiger partial charge in [-0.25, -0.2) is 30.3 Å². The Morgan fingerprint density at radius 2 is 1.83 bits per heavy atom. The summed E-state index contributed by atoms with van der Waals surface area (Å²) in [6, 6.07) is 11.1. The van der Waals surface area contributed by atoms with Crippen molar-refractivity contribution in [2.24, 2.45) is 0 Å². The molecule has 0 fully saturated rings. The van der Waals surface area contributed by atoms with E-state index in [0.29, 0.717) is 33.4 Å². The van der Waals surface area contributed by atoms with Gasteiger partial charge in [-0.2, -0.15) is 0 Å². The number of nitrogens with one attached hydrogen (secondary N) is 2. The molecule has 3 aromatic rings. The molecule has 0 unspecified atom stereocenters. The monoisotopic (exact) mass is 538 g/mol. The van der Waals surface area contributed by atoms with Crippen molar-refractivity contribution in [3.05, 3.63) is 60.1 Å². The molecule has 1 amide bonds. The molecule has 194 valence electrons. The molecule has 0 aliphatic rings. The van der Waals surface area contributed by atoms with Crippen molar-refractivity contribution in [3.63, 3.8) is 0 Å². The number of hydrogen-bond donors (Lipinski definition) is 3. The number of benzene rings is 2. The van der Waals surface area contributed by atoms with Crippen LogP contribution in [-0.4, -0.2) is 63.8 Å². The smallest absolute Gasteiger partial charge is 0.404 e. The van der Waals surface area contributed by atoms with Gasteiger partial charge in [-0.05, 0) is 48.9 Å². The van der Waals surface area contributed by atoms with Crippen LogP contribution in [0, 0.1) is 6.92 Å². The first-order valence-corrected chi connectivity index (χ1v) is 14.0. The fraction of sp³-hybridized carbons (Fsp3) is 0.261. The fourth-order valence-corrected chi connectivity index (χ4v) is 5.32. The Morgan fingerprint density at radius 3 is 2.44 bits per heavy atom. The second-order valence-electron chi connectivity index (χ2n) is 8.31. The minimum Gasteiger partial charge on any atom is -0.465 e. The van der Waals surface area contributed by atoms with Crippen molar-refractivity contribution >= 4 is 42.7 Å². The summed E-state index contributed by atoms with van der Waals surface area (Å²) in [4.78, 5) is 10.7. The van der Waals surface area contributed by atoms with E-state index < -0.39 is 32.0 Å². The lowest BCUT2D eigenvalue weighted by molar-refractivity contribution is 0.195. The standard InChI is InChI=1S/C23H27FN4O6S2/c1-15-22(16-6-5-7-19(12-16)36(33,34)27(2)3)20-13-18(26-35(4,31)32)8-9-21(20)28(15)14-17(24)10-11-25-23(29)30/h5-10,12-13,25-26H,11,14H2,1-4H3,(H,29,30)/b17-10-. The highest BCUT2D eigenvalue weighted by molar-refractivity contribution is 7.92. The lowest BCUT2D eigenvalue weighted by Gasteiger charge is -2.13. The van der Waals surface area contributed by atoms with Crippen LogP contribution in [0.4, 0.5) is 14.9 Å². The van der Waals surface area contributed by atoms with E-state index in [1.807, 2.05) is 0 Å². The average molecular weight is 539 g/mol. The zero-order valence-electron chi connectivity index (χ0n) is 20.1. The number of fused-ring (bicyclic) bond motifs is 1. The number of sulfonamides is 2. The second kappa shape index (κ2) is 10.3. The lowest BCUT2D eigenvalue weighted by Crippen LogP contribution is -2.22. The van der Waals surface area contributed by atoms with E-state index in [4.69, 9.17) is 5.11 Å². The van der Waals surface area contributed by atoms with Crippen LogP contribution >= 0.6 is 0 Å². The van der Waals surface area contributed by atoms with E-state index in [2.05, 4.69) is 10.0 Å². The predicted octanol–water partition coefficient (Wildman–Crippen LogP) is 3.36. The molecule has 0 saturated carbocycles. The Balaban J connectivity index is 2.22. The maximum atomic E-state index is 14.7. The van der Waals surface area contributed by atoms with Gasteiger partial charge >= 0.3 is 6.09 Å². The average Bonchev–Trinajstić information content (AvgIpc) is 3.03. The number of hydrogen-bond acceptors (Lipinski definition) is 5. The van der Waals surface area contributed by atoms with E-state index >= 15 is 0 Å². The Hall–Kier alpha value is -3.42. The van der Waals surface area contributed by atoms with Gasteiger partial charge in [0.25, 0.3) is 0 Å². The van der Waals surface area contributed by atoms with Crippen LogP contribution in [0.3, 0.4) is 0 Å². The molecule has 0 spiro atoms.